The first kappa shape index (κ1) is 23.7. The summed E-state index contributed by atoms with van der Waals surface area (Å²) in [5, 5.41) is 3.48. The maximum Gasteiger partial charge on any atom is 0.160 e. The van der Waals surface area contributed by atoms with Crippen molar-refractivity contribution in [3.63, 3.8) is 0 Å². The molecule has 4 heteroatoms. The summed E-state index contributed by atoms with van der Waals surface area (Å²) in [6.45, 7) is 2.75. The van der Waals surface area contributed by atoms with E-state index < -0.39 is 0 Å². The molecule has 0 aromatic heterocycles. The average molecular weight is 409 g/mol. The van der Waals surface area contributed by atoms with Gasteiger partial charge in [-0.15, -0.1) is 0 Å². The van der Waals surface area contributed by atoms with Crippen LogP contribution in [0, 0.1) is 0 Å². The largest absolute Gasteiger partial charge is 0.493 e. The Morgan fingerprint density at radius 2 is 1.60 bits per heavy atom. The van der Waals surface area contributed by atoms with Crippen molar-refractivity contribution in [1.29, 1.82) is 0 Å². The van der Waals surface area contributed by atoms with Gasteiger partial charge in [-0.2, -0.15) is 0 Å². The van der Waals surface area contributed by atoms with E-state index >= 15 is 0 Å². The molecule has 1 aliphatic rings. The van der Waals surface area contributed by atoms with Crippen molar-refractivity contribution >= 4 is 0 Å². The van der Waals surface area contributed by atoms with Crippen LogP contribution in [0.5, 0.6) is 11.5 Å². The molecule has 1 aliphatic carbocycles. The minimum Gasteiger partial charge on any atom is -0.493 e. The third kappa shape index (κ3) is 8.85. The van der Waals surface area contributed by atoms with E-state index in [9.17, 15) is 0 Å². The number of hydrogen-bond donors (Lipinski definition) is 2. The monoisotopic (exact) mass is 408 g/mol. The van der Waals surface area contributed by atoms with Gasteiger partial charge in [0.2, 0.25) is 0 Å². The van der Waals surface area contributed by atoms with Gasteiger partial charge in [-0.1, -0.05) is 60.2 Å². The zero-order chi connectivity index (χ0) is 21.4. The SMILES string of the molecule is COc1ccc(CCNCCc2ccccc2)cc1OC.NCCC1=CC=CCC1. The van der Waals surface area contributed by atoms with Gasteiger partial charge in [-0.3, -0.25) is 0 Å². The van der Waals surface area contributed by atoms with Crippen LogP contribution in [0.2, 0.25) is 0 Å². The van der Waals surface area contributed by atoms with Crippen molar-refractivity contribution in [3.8, 4) is 11.5 Å². The summed E-state index contributed by atoms with van der Waals surface area (Å²) in [5.74, 6) is 1.57. The fourth-order valence-electron chi connectivity index (χ4n) is 3.32. The van der Waals surface area contributed by atoms with Crippen molar-refractivity contribution in [2.24, 2.45) is 5.73 Å². The Morgan fingerprint density at radius 1 is 0.867 bits per heavy atom. The van der Waals surface area contributed by atoms with Crippen LogP contribution >= 0.6 is 0 Å². The molecule has 0 saturated carbocycles. The van der Waals surface area contributed by atoms with Crippen LogP contribution < -0.4 is 20.5 Å². The van der Waals surface area contributed by atoms with E-state index in [1.54, 1.807) is 14.2 Å². The van der Waals surface area contributed by atoms with Crippen LogP contribution in [0.3, 0.4) is 0 Å². The van der Waals surface area contributed by atoms with Crippen LogP contribution in [0.25, 0.3) is 0 Å². The molecular formula is C26H36N2O2. The summed E-state index contributed by atoms with van der Waals surface area (Å²) >= 11 is 0. The molecule has 0 fully saturated rings. The summed E-state index contributed by atoms with van der Waals surface area (Å²) in [7, 11) is 3.32. The maximum atomic E-state index is 5.39. The number of methoxy groups -OCH3 is 2. The zero-order valence-electron chi connectivity index (χ0n) is 18.4. The molecule has 0 amide bonds. The first-order chi connectivity index (χ1) is 14.8. The lowest BCUT2D eigenvalue weighted by Gasteiger charge is -2.10. The third-order valence-corrected chi connectivity index (χ3v) is 5.04. The maximum absolute atomic E-state index is 5.39. The van der Waals surface area contributed by atoms with Gasteiger partial charge in [0.15, 0.2) is 11.5 Å². The molecule has 0 saturated heterocycles. The first-order valence-electron chi connectivity index (χ1n) is 10.8. The van der Waals surface area contributed by atoms with Crippen LogP contribution in [0.15, 0.2) is 72.3 Å². The average Bonchev–Trinajstić information content (AvgIpc) is 2.81. The third-order valence-electron chi connectivity index (χ3n) is 5.04. The number of ether oxygens (including phenoxy) is 2. The molecule has 0 spiro atoms. The number of nitrogens with one attached hydrogen (secondary N) is 1. The Morgan fingerprint density at radius 3 is 2.23 bits per heavy atom. The molecule has 0 aliphatic heterocycles. The molecular weight excluding hydrogens is 372 g/mol. The molecule has 0 radical (unpaired) electrons. The highest BCUT2D eigenvalue weighted by molar-refractivity contribution is 5.42. The summed E-state index contributed by atoms with van der Waals surface area (Å²) in [6, 6.07) is 16.6. The molecule has 2 aromatic rings. The van der Waals surface area contributed by atoms with Gasteiger partial charge in [0.1, 0.15) is 0 Å². The number of allylic oxidation sites excluding steroid dienone is 3. The predicted octanol–water partition coefficient (Wildman–Crippen LogP) is 4.69. The fraction of sp³-hybridized carbons (Fsp3) is 0.385. The normalized spacial score (nSPS) is 12.6. The Hall–Kier alpha value is -2.56. The molecule has 3 rings (SSSR count). The molecule has 4 nitrogen and oxygen atoms in total. The van der Waals surface area contributed by atoms with E-state index in [-0.39, 0.29) is 0 Å². The second-order valence-electron chi connectivity index (χ2n) is 7.26. The molecule has 0 atom stereocenters. The van der Waals surface area contributed by atoms with Crippen LogP contribution in [0.4, 0.5) is 0 Å². The summed E-state index contributed by atoms with van der Waals surface area (Å²) in [4.78, 5) is 0. The minimum absolute atomic E-state index is 0.776. The van der Waals surface area contributed by atoms with Crippen LogP contribution in [-0.4, -0.2) is 33.9 Å². The molecule has 0 heterocycles. The van der Waals surface area contributed by atoms with Crippen molar-refractivity contribution in [2.45, 2.75) is 32.1 Å². The van der Waals surface area contributed by atoms with E-state index in [1.807, 2.05) is 18.2 Å². The van der Waals surface area contributed by atoms with Crippen molar-refractivity contribution in [1.82, 2.24) is 5.32 Å². The Kier molecular flexibility index (Phi) is 11.4. The van der Waals surface area contributed by atoms with Crippen molar-refractivity contribution in [3.05, 3.63) is 83.5 Å². The lowest BCUT2D eigenvalue weighted by Crippen LogP contribution is -2.20. The van der Waals surface area contributed by atoms with Gasteiger partial charge in [0.05, 0.1) is 14.2 Å². The lowest BCUT2D eigenvalue weighted by atomic mass is 10.0. The summed E-state index contributed by atoms with van der Waals surface area (Å²) in [5.41, 5.74) is 9.52. The lowest BCUT2D eigenvalue weighted by molar-refractivity contribution is 0.354. The van der Waals surface area contributed by atoms with E-state index in [0.717, 1.165) is 50.4 Å². The van der Waals surface area contributed by atoms with Gasteiger partial charge < -0.3 is 20.5 Å². The van der Waals surface area contributed by atoms with E-state index in [0.29, 0.717) is 0 Å². The molecule has 30 heavy (non-hydrogen) atoms. The standard InChI is InChI=1S/C18H23NO2.C8H13N/c1-20-17-9-8-16(14-18(17)21-2)11-13-19-12-10-15-6-4-3-5-7-15;9-7-6-8-4-2-1-3-5-8/h3-9,14,19H,10-13H2,1-2H3;1-2,4H,3,5-7,9H2. The fourth-order valence-corrected chi connectivity index (χ4v) is 3.32. The second-order valence-corrected chi connectivity index (χ2v) is 7.26. The minimum atomic E-state index is 0.776. The number of nitrogens with two attached hydrogens (primary N) is 1. The molecule has 0 unspecified atom stereocenters. The summed E-state index contributed by atoms with van der Waals surface area (Å²) < 4.78 is 10.6. The highest BCUT2D eigenvalue weighted by Gasteiger charge is 2.04. The predicted molar refractivity (Wildman–Crippen MR) is 126 cm³/mol. The number of rotatable bonds is 10. The summed E-state index contributed by atoms with van der Waals surface area (Å²) in [6.07, 6.45) is 12.0. The molecule has 0 bridgehead atoms. The quantitative estimate of drug-likeness (QED) is 0.560. The van der Waals surface area contributed by atoms with E-state index in [1.165, 1.54) is 29.5 Å². The number of benzene rings is 2. The van der Waals surface area contributed by atoms with Gasteiger partial charge in [-0.25, -0.2) is 0 Å². The zero-order valence-corrected chi connectivity index (χ0v) is 18.4. The van der Waals surface area contributed by atoms with E-state index in [2.05, 4.69) is 53.9 Å². The highest BCUT2D eigenvalue weighted by Crippen LogP contribution is 2.27. The van der Waals surface area contributed by atoms with Crippen LogP contribution in [-0.2, 0) is 12.8 Å². The van der Waals surface area contributed by atoms with Crippen LogP contribution in [0.1, 0.15) is 30.4 Å². The van der Waals surface area contributed by atoms with E-state index in [4.69, 9.17) is 15.2 Å². The Bertz CT molecular complexity index is 785. The van der Waals surface area contributed by atoms with Crippen molar-refractivity contribution in [2.75, 3.05) is 33.9 Å². The molecule has 3 N–H and O–H groups in total. The Balaban J connectivity index is 0.000000297. The van der Waals surface area contributed by atoms with Gasteiger partial charge in [0, 0.05) is 0 Å². The topological polar surface area (TPSA) is 56.5 Å². The van der Waals surface area contributed by atoms with Gasteiger partial charge in [-0.05, 0) is 75.0 Å². The van der Waals surface area contributed by atoms with Gasteiger partial charge in [0.25, 0.3) is 0 Å². The van der Waals surface area contributed by atoms with Crippen molar-refractivity contribution < 1.29 is 9.47 Å². The highest BCUT2D eigenvalue weighted by atomic mass is 16.5. The smallest absolute Gasteiger partial charge is 0.160 e. The molecule has 2 aromatic carbocycles. The number of hydrogen-bond acceptors (Lipinski definition) is 4. The molecule has 162 valence electrons. The first-order valence-corrected chi connectivity index (χ1v) is 10.8. The van der Waals surface area contributed by atoms with Gasteiger partial charge >= 0.3 is 0 Å². The second kappa shape index (κ2) is 14.4. The Labute approximate surface area is 181 Å².